The zero-order valence-corrected chi connectivity index (χ0v) is 14.9. The van der Waals surface area contributed by atoms with Gasteiger partial charge < -0.3 is 19.5 Å². The van der Waals surface area contributed by atoms with E-state index in [2.05, 4.69) is 19.8 Å². The second-order valence-corrected chi connectivity index (χ2v) is 6.55. The number of fused-ring (bicyclic) bond motifs is 1. The number of hydrogen-bond acceptors (Lipinski definition) is 7. The number of piperazine rings is 1. The molecule has 1 saturated heterocycles. The summed E-state index contributed by atoms with van der Waals surface area (Å²) >= 11 is 0. The van der Waals surface area contributed by atoms with Gasteiger partial charge in [-0.25, -0.2) is 9.97 Å². The summed E-state index contributed by atoms with van der Waals surface area (Å²) < 4.78 is 1.61. The zero-order chi connectivity index (χ0) is 19.7. The van der Waals surface area contributed by atoms with Crippen molar-refractivity contribution in [3.05, 3.63) is 53.0 Å². The molecule has 0 spiro atoms. The van der Waals surface area contributed by atoms with Crippen molar-refractivity contribution in [2.75, 3.05) is 36.0 Å². The number of nitrogens with zero attached hydrogens (tertiary/aromatic N) is 6. The molecule has 0 bridgehead atoms. The number of anilines is 2. The molecule has 0 unspecified atom stereocenters. The number of imidazole rings is 1. The molecule has 10 heteroatoms. The third kappa shape index (κ3) is 3.43. The third-order valence-electron chi connectivity index (χ3n) is 4.82. The van der Waals surface area contributed by atoms with E-state index in [9.17, 15) is 14.9 Å². The monoisotopic (exact) mass is 382 g/mol. The molecule has 1 aliphatic rings. The fourth-order valence-electron chi connectivity index (χ4n) is 3.39. The molecule has 144 valence electrons. The van der Waals surface area contributed by atoms with E-state index >= 15 is 0 Å². The molecule has 1 N–H and O–H groups in total. The molecule has 1 fully saturated rings. The number of aliphatic carboxylic acids is 1. The first kappa shape index (κ1) is 17.7. The van der Waals surface area contributed by atoms with Crippen molar-refractivity contribution >= 4 is 34.2 Å². The van der Waals surface area contributed by atoms with Crippen LogP contribution in [0.25, 0.3) is 11.0 Å². The first-order valence-corrected chi connectivity index (χ1v) is 8.78. The fourth-order valence-corrected chi connectivity index (χ4v) is 3.39. The minimum Gasteiger partial charge on any atom is -0.480 e. The average molecular weight is 382 g/mol. The summed E-state index contributed by atoms with van der Waals surface area (Å²) in [6, 6.07) is 8.98. The second kappa shape index (κ2) is 7.14. The number of aromatic nitrogens is 3. The Morgan fingerprint density at radius 1 is 1.11 bits per heavy atom. The second-order valence-electron chi connectivity index (χ2n) is 6.55. The van der Waals surface area contributed by atoms with Gasteiger partial charge >= 0.3 is 5.97 Å². The van der Waals surface area contributed by atoms with E-state index in [4.69, 9.17) is 5.11 Å². The summed E-state index contributed by atoms with van der Waals surface area (Å²) in [5.74, 6) is -0.174. The Morgan fingerprint density at radius 3 is 2.50 bits per heavy atom. The Hall–Kier alpha value is -3.69. The molecule has 0 saturated carbocycles. The Morgan fingerprint density at radius 2 is 1.86 bits per heavy atom. The molecule has 0 amide bonds. The minimum atomic E-state index is -0.903. The molecule has 3 aromatic rings. The van der Waals surface area contributed by atoms with Gasteiger partial charge in [0.2, 0.25) is 0 Å². The van der Waals surface area contributed by atoms with E-state index in [0.29, 0.717) is 0 Å². The highest BCUT2D eigenvalue weighted by Crippen LogP contribution is 2.24. The topological polar surface area (TPSA) is 118 Å². The van der Waals surface area contributed by atoms with E-state index in [1.807, 2.05) is 18.2 Å². The summed E-state index contributed by atoms with van der Waals surface area (Å²) in [5.41, 5.74) is 2.57. The van der Waals surface area contributed by atoms with Crippen LogP contribution in [0.2, 0.25) is 0 Å². The average Bonchev–Trinajstić information content (AvgIpc) is 3.09. The molecule has 0 radical (unpaired) electrons. The molecule has 1 aromatic carbocycles. The number of carbonyl (C=O) groups is 1. The van der Waals surface area contributed by atoms with Crippen LogP contribution in [0.3, 0.4) is 0 Å². The molecule has 4 rings (SSSR count). The standard InChI is InChI=1S/C18H18N6O4/c25-18(26)11-23-12-20-15-9-13(1-3-16(15)23)21-5-7-22(8-6-21)17-4-2-14(10-19-17)24(27)28/h1-4,9-10,12H,5-8,11H2,(H,25,26). The fraction of sp³-hybridized carbons (Fsp3) is 0.278. The first-order valence-electron chi connectivity index (χ1n) is 8.78. The van der Waals surface area contributed by atoms with Crippen LogP contribution in [-0.4, -0.2) is 56.7 Å². The van der Waals surface area contributed by atoms with Gasteiger partial charge in [0.05, 0.1) is 22.3 Å². The lowest BCUT2D eigenvalue weighted by Gasteiger charge is -2.36. The van der Waals surface area contributed by atoms with E-state index in [1.165, 1.54) is 12.3 Å². The van der Waals surface area contributed by atoms with Crippen LogP contribution in [0, 0.1) is 10.1 Å². The molecular weight excluding hydrogens is 364 g/mol. The summed E-state index contributed by atoms with van der Waals surface area (Å²) in [7, 11) is 0. The maximum absolute atomic E-state index is 10.9. The van der Waals surface area contributed by atoms with Crippen LogP contribution in [0.4, 0.5) is 17.2 Å². The molecule has 3 heterocycles. The normalized spacial score (nSPS) is 14.4. The molecule has 10 nitrogen and oxygen atoms in total. The first-order chi connectivity index (χ1) is 13.5. The summed E-state index contributed by atoms with van der Waals surface area (Å²) in [6.45, 7) is 2.93. The van der Waals surface area contributed by atoms with Gasteiger partial charge in [-0.05, 0) is 24.3 Å². The Kier molecular flexibility index (Phi) is 4.52. The highest BCUT2D eigenvalue weighted by Gasteiger charge is 2.20. The van der Waals surface area contributed by atoms with Crippen molar-refractivity contribution in [1.29, 1.82) is 0 Å². The van der Waals surface area contributed by atoms with Crippen molar-refractivity contribution in [1.82, 2.24) is 14.5 Å². The molecule has 2 aromatic heterocycles. The van der Waals surface area contributed by atoms with E-state index in [0.717, 1.165) is 48.7 Å². The predicted octanol–water partition coefficient (Wildman–Crippen LogP) is 1.75. The maximum Gasteiger partial charge on any atom is 0.323 e. The van der Waals surface area contributed by atoms with Crippen molar-refractivity contribution in [2.24, 2.45) is 0 Å². The number of hydrogen-bond donors (Lipinski definition) is 1. The number of rotatable bonds is 5. The van der Waals surface area contributed by atoms with Gasteiger partial charge in [0, 0.05) is 37.9 Å². The molecular formula is C18H18N6O4. The SMILES string of the molecule is O=C(O)Cn1cnc2cc(N3CCN(c4ccc([N+](=O)[O-])cn4)CC3)ccc21. The lowest BCUT2D eigenvalue weighted by atomic mass is 10.2. The highest BCUT2D eigenvalue weighted by molar-refractivity contribution is 5.81. The maximum atomic E-state index is 10.9. The van der Waals surface area contributed by atoms with Crippen LogP contribution >= 0.6 is 0 Å². The predicted molar refractivity (Wildman–Crippen MR) is 103 cm³/mol. The van der Waals surface area contributed by atoms with Crippen molar-refractivity contribution in [3.8, 4) is 0 Å². The third-order valence-corrected chi connectivity index (χ3v) is 4.82. The smallest absolute Gasteiger partial charge is 0.323 e. The van der Waals surface area contributed by atoms with Gasteiger partial charge in [0.15, 0.2) is 0 Å². The van der Waals surface area contributed by atoms with Gasteiger partial charge in [-0.2, -0.15) is 0 Å². The highest BCUT2D eigenvalue weighted by atomic mass is 16.6. The largest absolute Gasteiger partial charge is 0.480 e. The quantitative estimate of drug-likeness (QED) is 0.524. The Labute approximate surface area is 159 Å². The van der Waals surface area contributed by atoms with E-state index < -0.39 is 10.9 Å². The minimum absolute atomic E-state index is 0.0157. The number of pyridine rings is 1. The molecule has 0 atom stereocenters. The zero-order valence-electron chi connectivity index (χ0n) is 14.9. The van der Waals surface area contributed by atoms with Crippen LogP contribution in [0.5, 0.6) is 0 Å². The molecule has 0 aliphatic carbocycles. The van der Waals surface area contributed by atoms with Gasteiger partial charge in [0.25, 0.3) is 5.69 Å². The van der Waals surface area contributed by atoms with Crippen LogP contribution in [-0.2, 0) is 11.3 Å². The Balaban J connectivity index is 1.44. The molecule has 28 heavy (non-hydrogen) atoms. The van der Waals surface area contributed by atoms with Crippen LogP contribution in [0.15, 0.2) is 42.9 Å². The van der Waals surface area contributed by atoms with Crippen molar-refractivity contribution < 1.29 is 14.8 Å². The summed E-state index contributed by atoms with van der Waals surface area (Å²) in [6.07, 6.45) is 2.82. The van der Waals surface area contributed by atoms with Gasteiger partial charge in [-0.15, -0.1) is 0 Å². The van der Waals surface area contributed by atoms with E-state index in [1.54, 1.807) is 17.0 Å². The number of benzene rings is 1. The van der Waals surface area contributed by atoms with Crippen LogP contribution in [0.1, 0.15) is 0 Å². The lowest BCUT2D eigenvalue weighted by Crippen LogP contribution is -2.46. The van der Waals surface area contributed by atoms with Gasteiger partial charge in [-0.3, -0.25) is 14.9 Å². The number of carboxylic acids is 1. The van der Waals surface area contributed by atoms with Gasteiger partial charge in [0.1, 0.15) is 18.6 Å². The number of nitro groups is 1. The van der Waals surface area contributed by atoms with Crippen molar-refractivity contribution in [3.63, 3.8) is 0 Å². The van der Waals surface area contributed by atoms with E-state index in [-0.39, 0.29) is 12.2 Å². The number of carboxylic acid groups (broad SMARTS) is 1. The van der Waals surface area contributed by atoms with Crippen molar-refractivity contribution in [2.45, 2.75) is 6.54 Å². The summed E-state index contributed by atoms with van der Waals surface area (Å²) in [4.78, 5) is 34.0. The molecule has 1 aliphatic heterocycles. The lowest BCUT2D eigenvalue weighted by molar-refractivity contribution is -0.385. The summed E-state index contributed by atoms with van der Waals surface area (Å²) in [5, 5.41) is 19.7. The van der Waals surface area contributed by atoms with Gasteiger partial charge in [-0.1, -0.05) is 0 Å². The Bertz CT molecular complexity index is 1020. The van der Waals surface area contributed by atoms with Crippen LogP contribution < -0.4 is 9.80 Å².